The molecule has 0 aliphatic heterocycles. The van der Waals surface area contributed by atoms with Crippen LogP contribution in [0.4, 0.5) is 0 Å². The Kier molecular flexibility index (Phi) is 4.30. The Hall–Kier alpha value is -1.36. The molecular weight excluding hydrogens is 194 g/mol. The van der Waals surface area contributed by atoms with Gasteiger partial charge in [-0.05, 0) is 20.4 Å². The van der Waals surface area contributed by atoms with Crippen LogP contribution in [-0.4, -0.2) is 30.0 Å². The fourth-order valence-electron chi connectivity index (χ4n) is 1.16. The number of hydrogen-bond donors (Lipinski definition) is 1. The van der Waals surface area contributed by atoms with E-state index in [1.54, 1.807) is 6.07 Å². The minimum atomic E-state index is -0.0981. The molecule has 0 amide bonds. The molecular formula is C10H17N3O2. The van der Waals surface area contributed by atoms with E-state index in [0.29, 0.717) is 18.5 Å². The van der Waals surface area contributed by atoms with Crippen LogP contribution in [0.15, 0.2) is 16.9 Å². The van der Waals surface area contributed by atoms with Crippen molar-refractivity contribution in [3.8, 4) is 5.88 Å². The molecule has 1 atom stereocenters. The van der Waals surface area contributed by atoms with Crippen LogP contribution < -0.4 is 15.6 Å². The number of ether oxygens (including phenoxy) is 1. The molecule has 1 unspecified atom stereocenters. The third kappa shape index (κ3) is 3.36. The predicted molar refractivity (Wildman–Crippen MR) is 58.2 cm³/mol. The first-order valence-electron chi connectivity index (χ1n) is 4.96. The van der Waals surface area contributed by atoms with E-state index in [1.807, 2.05) is 7.05 Å². The summed E-state index contributed by atoms with van der Waals surface area (Å²) < 4.78 is 6.38. The summed E-state index contributed by atoms with van der Waals surface area (Å²) in [6, 6.07) is 3.40. The molecule has 1 N–H and O–H groups in total. The Bertz CT molecular complexity index is 362. The predicted octanol–water partition coefficient (Wildman–Crippen LogP) is 0.250. The second-order valence-electron chi connectivity index (χ2n) is 3.42. The van der Waals surface area contributed by atoms with Crippen LogP contribution in [0.25, 0.3) is 0 Å². The normalized spacial score (nSPS) is 12.5. The lowest BCUT2D eigenvalue weighted by Gasteiger charge is -2.10. The van der Waals surface area contributed by atoms with Crippen molar-refractivity contribution in [3.63, 3.8) is 0 Å². The van der Waals surface area contributed by atoms with Crippen molar-refractivity contribution in [3.05, 3.63) is 22.5 Å². The third-order valence-corrected chi connectivity index (χ3v) is 2.32. The van der Waals surface area contributed by atoms with Gasteiger partial charge in [0.05, 0.1) is 7.11 Å². The summed E-state index contributed by atoms with van der Waals surface area (Å²) in [5.41, 5.74) is -0.0981. The van der Waals surface area contributed by atoms with Gasteiger partial charge in [-0.3, -0.25) is 4.79 Å². The summed E-state index contributed by atoms with van der Waals surface area (Å²) in [4.78, 5) is 11.4. The molecule has 84 valence electrons. The molecule has 0 aliphatic carbocycles. The number of nitrogens with zero attached hydrogens (tertiary/aromatic N) is 2. The van der Waals surface area contributed by atoms with E-state index >= 15 is 0 Å². The molecule has 0 saturated heterocycles. The van der Waals surface area contributed by atoms with E-state index in [9.17, 15) is 4.79 Å². The Morgan fingerprint density at radius 3 is 2.93 bits per heavy atom. The lowest BCUT2D eigenvalue weighted by Crippen LogP contribution is -2.28. The van der Waals surface area contributed by atoms with Gasteiger partial charge in [0, 0.05) is 24.7 Å². The number of rotatable bonds is 5. The number of aromatic nitrogens is 2. The summed E-state index contributed by atoms with van der Waals surface area (Å²) in [6.45, 7) is 2.66. The molecule has 15 heavy (non-hydrogen) atoms. The fourth-order valence-corrected chi connectivity index (χ4v) is 1.16. The van der Waals surface area contributed by atoms with Gasteiger partial charge in [-0.2, -0.15) is 0 Å². The molecule has 1 rings (SSSR count). The van der Waals surface area contributed by atoms with Crippen LogP contribution in [0, 0.1) is 0 Å². The topological polar surface area (TPSA) is 56.1 Å². The number of nitrogens with one attached hydrogen (secondary N) is 1. The average molecular weight is 211 g/mol. The van der Waals surface area contributed by atoms with Gasteiger partial charge in [0.1, 0.15) is 0 Å². The first-order chi connectivity index (χ1) is 7.17. The van der Waals surface area contributed by atoms with Crippen LogP contribution in [0.1, 0.15) is 13.3 Å². The van der Waals surface area contributed by atoms with Crippen molar-refractivity contribution in [2.75, 3.05) is 14.2 Å². The molecule has 0 spiro atoms. The number of methoxy groups -OCH3 is 1. The maximum Gasteiger partial charge on any atom is 0.266 e. The highest BCUT2D eigenvalue weighted by Gasteiger charge is 2.03. The summed E-state index contributed by atoms with van der Waals surface area (Å²) >= 11 is 0. The molecule has 1 heterocycles. The molecule has 0 aliphatic rings. The zero-order chi connectivity index (χ0) is 11.3. The van der Waals surface area contributed by atoms with Crippen molar-refractivity contribution < 1.29 is 4.74 Å². The molecule has 0 bridgehead atoms. The van der Waals surface area contributed by atoms with E-state index in [2.05, 4.69) is 17.3 Å². The highest BCUT2D eigenvalue weighted by molar-refractivity contribution is 5.05. The molecule has 5 nitrogen and oxygen atoms in total. The van der Waals surface area contributed by atoms with Crippen molar-refractivity contribution in [2.45, 2.75) is 25.9 Å². The molecule has 1 aromatic rings. The smallest absolute Gasteiger partial charge is 0.266 e. The Morgan fingerprint density at radius 2 is 2.33 bits per heavy atom. The van der Waals surface area contributed by atoms with Crippen LogP contribution in [0.2, 0.25) is 0 Å². The molecule has 0 fully saturated rings. The SMILES string of the molecule is CNC(C)CCn1nc(OC)ccc1=O. The Morgan fingerprint density at radius 1 is 1.60 bits per heavy atom. The highest BCUT2D eigenvalue weighted by Crippen LogP contribution is 2.00. The first kappa shape index (κ1) is 11.7. The molecule has 5 heteroatoms. The van der Waals surface area contributed by atoms with Gasteiger partial charge in [0.25, 0.3) is 5.56 Å². The van der Waals surface area contributed by atoms with Crippen LogP contribution in [0.3, 0.4) is 0 Å². The maximum absolute atomic E-state index is 11.4. The molecule has 0 saturated carbocycles. The van der Waals surface area contributed by atoms with Gasteiger partial charge in [0.15, 0.2) is 0 Å². The second-order valence-corrected chi connectivity index (χ2v) is 3.42. The minimum Gasteiger partial charge on any atom is -0.480 e. The number of hydrogen-bond acceptors (Lipinski definition) is 4. The second kappa shape index (κ2) is 5.50. The lowest BCUT2D eigenvalue weighted by molar-refractivity contribution is 0.369. The van der Waals surface area contributed by atoms with Crippen molar-refractivity contribution in [1.29, 1.82) is 0 Å². The van der Waals surface area contributed by atoms with Crippen LogP contribution in [-0.2, 0) is 6.54 Å². The monoisotopic (exact) mass is 211 g/mol. The Balaban J connectivity index is 2.71. The van der Waals surface area contributed by atoms with Crippen LogP contribution in [0.5, 0.6) is 5.88 Å². The summed E-state index contributed by atoms with van der Waals surface area (Å²) in [5, 5.41) is 7.16. The van der Waals surface area contributed by atoms with Crippen molar-refractivity contribution in [1.82, 2.24) is 15.1 Å². The summed E-state index contributed by atoms with van der Waals surface area (Å²) in [7, 11) is 3.43. The average Bonchev–Trinajstić information content (AvgIpc) is 2.27. The molecule has 0 aromatic carbocycles. The lowest BCUT2D eigenvalue weighted by atomic mass is 10.2. The van der Waals surface area contributed by atoms with Crippen molar-refractivity contribution >= 4 is 0 Å². The minimum absolute atomic E-state index is 0.0981. The largest absolute Gasteiger partial charge is 0.480 e. The molecule has 1 aromatic heterocycles. The van der Waals surface area contributed by atoms with Gasteiger partial charge in [-0.25, -0.2) is 4.68 Å². The van der Waals surface area contributed by atoms with E-state index in [0.717, 1.165) is 6.42 Å². The quantitative estimate of drug-likeness (QED) is 0.758. The van der Waals surface area contributed by atoms with E-state index in [4.69, 9.17) is 4.74 Å². The van der Waals surface area contributed by atoms with Gasteiger partial charge in [-0.15, -0.1) is 5.10 Å². The van der Waals surface area contributed by atoms with E-state index in [1.165, 1.54) is 17.9 Å². The highest BCUT2D eigenvalue weighted by atomic mass is 16.5. The third-order valence-electron chi connectivity index (χ3n) is 2.32. The zero-order valence-corrected chi connectivity index (χ0v) is 9.36. The first-order valence-corrected chi connectivity index (χ1v) is 4.96. The van der Waals surface area contributed by atoms with Gasteiger partial charge < -0.3 is 10.1 Å². The van der Waals surface area contributed by atoms with Gasteiger partial charge in [0.2, 0.25) is 5.88 Å². The Labute approximate surface area is 89.1 Å². The maximum atomic E-state index is 11.4. The summed E-state index contributed by atoms with van der Waals surface area (Å²) in [6.07, 6.45) is 0.858. The van der Waals surface area contributed by atoms with E-state index < -0.39 is 0 Å². The number of aryl methyl sites for hydroxylation is 1. The van der Waals surface area contributed by atoms with Crippen LogP contribution >= 0.6 is 0 Å². The van der Waals surface area contributed by atoms with E-state index in [-0.39, 0.29) is 5.56 Å². The van der Waals surface area contributed by atoms with Gasteiger partial charge in [-0.1, -0.05) is 0 Å². The van der Waals surface area contributed by atoms with Gasteiger partial charge >= 0.3 is 0 Å². The standard InChI is InChI=1S/C10H17N3O2/c1-8(11-2)6-7-13-10(14)5-4-9(12-13)15-3/h4-5,8,11H,6-7H2,1-3H3. The fraction of sp³-hybridized carbons (Fsp3) is 0.600. The zero-order valence-electron chi connectivity index (χ0n) is 9.36. The molecule has 0 radical (unpaired) electrons. The summed E-state index contributed by atoms with van der Waals surface area (Å²) in [5.74, 6) is 0.465. The van der Waals surface area contributed by atoms with Crippen molar-refractivity contribution in [2.24, 2.45) is 0 Å².